The Morgan fingerprint density at radius 3 is 2.34 bits per heavy atom. The fraction of sp³-hybridized carbons (Fsp3) is 0.467. The topological polar surface area (TPSA) is 129 Å². The van der Waals surface area contributed by atoms with Crippen LogP contribution in [0.2, 0.25) is 0 Å². The third-order valence-corrected chi connectivity index (χ3v) is 8.05. The Labute approximate surface area is 238 Å². The molecule has 5 rings (SSSR count). The molecule has 4 amide bonds. The van der Waals surface area contributed by atoms with Gasteiger partial charge in [-0.1, -0.05) is 6.07 Å². The van der Waals surface area contributed by atoms with Gasteiger partial charge in [0, 0.05) is 56.3 Å². The number of nitrogens with one attached hydrogen (secondary N) is 2. The molecule has 11 heteroatoms. The van der Waals surface area contributed by atoms with Gasteiger partial charge in [-0.25, -0.2) is 9.18 Å². The van der Waals surface area contributed by atoms with Gasteiger partial charge in [-0.2, -0.15) is 4.99 Å². The number of nitrogens with zero attached hydrogens (tertiary/aromatic N) is 4. The number of benzene rings is 2. The molecule has 0 bridgehead atoms. The smallest absolute Gasteiger partial charge is 0.314 e. The van der Waals surface area contributed by atoms with Gasteiger partial charge in [0.1, 0.15) is 5.82 Å². The SMILES string of the molecule is CC(C)NC(=O)[C@H]1CC[C@@H](n2/c(=N/C(=O)c3ccc(F)cc3)[nH]c3ccc(CN4CCN(C(N)=O)CC4)cc32)CC1. The lowest BCUT2D eigenvalue weighted by Crippen LogP contribution is -2.50. The van der Waals surface area contributed by atoms with Crippen LogP contribution < -0.4 is 16.7 Å². The Hall–Kier alpha value is -3.99. The second-order valence-electron chi connectivity index (χ2n) is 11.4. The standard InChI is InChI=1S/C30H38FN7O3/c1-19(2)33-27(39)22-6-10-24(11-7-22)38-26-17-20(18-36-13-15-37(16-14-36)29(32)41)3-12-25(26)34-30(38)35-28(40)21-4-8-23(31)9-5-21/h3-5,8-9,12,17,19,22,24H,6-7,10-11,13-16,18H2,1-2H3,(H2,32,41)(H,33,39)(H,34,35,40)/t22-,24+. The van der Waals surface area contributed by atoms with Gasteiger partial charge in [-0.3, -0.25) is 14.5 Å². The monoisotopic (exact) mass is 563 g/mol. The van der Waals surface area contributed by atoms with Crippen molar-refractivity contribution in [2.24, 2.45) is 16.6 Å². The number of rotatable bonds is 6. The number of fused-ring (bicyclic) bond motifs is 1. The van der Waals surface area contributed by atoms with Crippen LogP contribution in [-0.2, 0) is 11.3 Å². The first-order chi connectivity index (χ1) is 19.7. The van der Waals surface area contributed by atoms with E-state index >= 15 is 0 Å². The lowest BCUT2D eigenvalue weighted by molar-refractivity contribution is -0.126. The highest BCUT2D eigenvalue weighted by atomic mass is 19.1. The molecule has 4 N–H and O–H groups in total. The maximum Gasteiger partial charge on any atom is 0.314 e. The van der Waals surface area contributed by atoms with Gasteiger partial charge in [0.05, 0.1) is 11.0 Å². The van der Waals surface area contributed by atoms with Crippen LogP contribution in [0.3, 0.4) is 0 Å². The molecule has 0 radical (unpaired) electrons. The summed E-state index contributed by atoms with van der Waals surface area (Å²) in [6.45, 7) is 7.33. The first-order valence-electron chi connectivity index (χ1n) is 14.3. The van der Waals surface area contributed by atoms with Crippen LogP contribution in [0, 0.1) is 11.7 Å². The number of carbonyl (C=O) groups excluding carboxylic acids is 3. The molecule has 2 aromatic carbocycles. The zero-order valence-electron chi connectivity index (χ0n) is 23.6. The van der Waals surface area contributed by atoms with Gasteiger partial charge >= 0.3 is 6.03 Å². The molecule has 0 unspecified atom stereocenters. The summed E-state index contributed by atoms with van der Waals surface area (Å²) >= 11 is 0. The number of aromatic nitrogens is 2. The van der Waals surface area contributed by atoms with E-state index in [4.69, 9.17) is 5.73 Å². The quantitative estimate of drug-likeness (QED) is 0.425. The van der Waals surface area contributed by atoms with E-state index in [2.05, 4.69) is 36.9 Å². The molecule has 10 nitrogen and oxygen atoms in total. The van der Waals surface area contributed by atoms with Crippen molar-refractivity contribution in [1.29, 1.82) is 0 Å². The fourth-order valence-electron chi connectivity index (χ4n) is 5.86. The molecular weight excluding hydrogens is 525 g/mol. The van der Waals surface area contributed by atoms with Crippen LogP contribution in [0.4, 0.5) is 9.18 Å². The van der Waals surface area contributed by atoms with Crippen molar-refractivity contribution >= 4 is 28.9 Å². The van der Waals surface area contributed by atoms with E-state index in [-0.39, 0.29) is 29.9 Å². The summed E-state index contributed by atoms with van der Waals surface area (Å²) in [7, 11) is 0. The molecular formula is C30H38FN7O3. The fourth-order valence-corrected chi connectivity index (χ4v) is 5.86. The van der Waals surface area contributed by atoms with Crippen molar-refractivity contribution in [1.82, 2.24) is 24.7 Å². The highest BCUT2D eigenvalue weighted by Crippen LogP contribution is 2.33. The Kier molecular flexibility index (Phi) is 8.53. The molecule has 1 aliphatic carbocycles. The van der Waals surface area contributed by atoms with Crippen molar-refractivity contribution in [3.8, 4) is 0 Å². The number of H-pyrrole nitrogens is 1. The second-order valence-corrected chi connectivity index (χ2v) is 11.4. The number of imidazole rings is 1. The third-order valence-electron chi connectivity index (χ3n) is 8.05. The zero-order chi connectivity index (χ0) is 29.1. The largest absolute Gasteiger partial charge is 0.354 e. The van der Waals surface area contributed by atoms with Crippen LogP contribution in [-0.4, -0.2) is 69.4 Å². The first kappa shape index (κ1) is 28.5. The van der Waals surface area contributed by atoms with Crippen molar-refractivity contribution in [2.75, 3.05) is 26.2 Å². The number of primary amides is 1. The Morgan fingerprint density at radius 1 is 1.02 bits per heavy atom. The van der Waals surface area contributed by atoms with Gasteiger partial charge in [0.2, 0.25) is 11.5 Å². The van der Waals surface area contributed by atoms with Gasteiger partial charge < -0.3 is 25.5 Å². The van der Waals surface area contributed by atoms with Gasteiger partial charge in [0.15, 0.2) is 0 Å². The minimum absolute atomic E-state index is 0.0321. The number of piperazine rings is 1. The molecule has 218 valence electrons. The van der Waals surface area contributed by atoms with E-state index in [0.29, 0.717) is 24.3 Å². The molecule has 1 saturated carbocycles. The van der Waals surface area contributed by atoms with E-state index in [0.717, 1.165) is 61.9 Å². The van der Waals surface area contributed by atoms with Crippen molar-refractivity contribution in [2.45, 2.75) is 58.2 Å². The summed E-state index contributed by atoms with van der Waals surface area (Å²) in [4.78, 5) is 48.9. The predicted octanol–water partition coefficient (Wildman–Crippen LogP) is 3.30. The molecule has 1 aromatic heterocycles. The maximum atomic E-state index is 13.4. The summed E-state index contributed by atoms with van der Waals surface area (Å²) in [6, 6.07) is 11.3. The molecule has 2 aliphatic rings. The number of halogens is 1. The summed E-state index contributed by atoms with van der Waals surface area (Å²) < 4.78 is 15.5. The van der Waals surface area contributed by atoms with E-state index in [9.17, 15) is 18.8 Å². The third kappa shape index (κ3) is 6.67. The van der Waals surface area contributed by atoms with Crippen LogP contribution >= 0.6 is 0 Å². The minimum Gasteiger partial charge on any atom is -0.354 e. The molecule has 41 heavy (non-hydrogen) atoms. The van der Waals surface area contributed by atoms with Crippen LogP contribution in [0.1, 0.15) is 61.5 Å². The maximum absolute atomic E-state index is 13.4. The van der Waals surface area contributed by atoms with Crippen molar-refractivity contribution in [3.05, 3.63) is 65.0 Å². The van der Waals surface area contributed by atoms with Crippen molar-refractivity contribution < 1.29 is 18.8 Å². The number of hydrogen-bond donors (Lipinski definition) is 3. The summed E-state index contributed by atoms with van der Waals surface area (Å²) in [5, 5.41) is 3.03. The second kappa shape index (κ2) is 12.3. The lowest BCUT2D eigenvalue weighted by Gasteiger charge is -2.33. The highest BCUT2D eigenvalue weighted by molar-refractivity contribution is 5.95. The molecule has 1 aliphatic heterocycles. The molecule has 3 aromatic rings. The van der Waals surface area contributed by atoms with Crippen molar-refractivity contribution in [3.63, 3.8) is 0 Å². The number of aromatic amines is 1. The summed E-state index contributed by atoms with van der Waals surface area (Å²) in [5.74, 6) is -0.806. The number of carbonyl (C=O) groups is 3. The normalized spacial score (nSPS) is 20.5. The number of hydrogen-bond acceptors (Lipinski definition) is 4. The van der Waals surface area contributed by atoms with Gasteiger partial charge in [-0.15, -0.1) is 0 Å². The minimum atomic E-state index is -0.456. The molecule has 1 saturated heterocycles. The van der Waals surface area contributed by atoms with E-state index in [1.165, 1.54) is 24.3 Å². The summed E-state index contributed by atoms with van der Waals surface area (Å²) in [5.41, 5.74) is 9.09. The van der Waals surface area contributed by atoms with Gasteiger partial charge in [-0.05, 0) is 81.5 Å². The summed E-state index contributed by atoms with van der Waals surface area (Å²) in [6.07, 6.45) is 3.05. The molecule has 0 atom stereocenters. The molecule has 0 spiro atoms. The average molecular weight is 564 g/mol. The number of amides is 4. The number of nitrogens with two attached hydrogens (primary N) is 1. The van der Waals surface area contributed by atoms with Crippen LogP contribution in [0.5, 0.6) is 0 Å². The average Bonchev–Trinajstić information content (AvgIpc) is 3.30. The van der Waals surface area contributed by atoms with Crippen LogP contribution in [0.15, 0.2) is 47.5 Å². The lowest BCUT2D eigenvalue weighted by atomic mass is 9.85. The van der Waals surface area contributed by atoms with E-state index < -0.39 is 11.7 Å². The first-order valence-corrected chi connectivity index (χ1v) is 14.3. The van der Waals surface area contributed by atoms with Crippen LogP contribution in [0.25, 0.3) is 11.0 Å². The Morgan fingerprint density at radius 2 is 1.71 bits per heavy atom. The molecule has 2 fully saturated rings. The van der Waals surface area contributed by atoms with Gasteiger partial charge in [0.25, 0.3) is 5.91 Å². The van der Waals surface area contributed by atoms with E-state index in [1.54, 1.807) is 4.90 Å². The Balaban J connectivity index is 1.44. The highest BCUT2D eigenvalue weighted by Gasteiger charge is 2.29. The Bertz CT molecular complexity index is 1480. The van der Waals surface area contributed by atoms with E-state index in [1.807, 2.05) is 19.9 Å². The number of urea groups is 1. The molecule has 2 heterocycles. The predicted molar refractivity (Wildman–Crippen MR) is 153 cm³/mol. The zero-order valence-corrected chi connectivity index (χ0v) is 23.6.